The minimum atomic E-state index is 0.131. The lowest BCUT2D eigenvalue weighted by Crippen LogP contribution is -1.99. The Morgan fingerprint density at radius 3 is 2.80 bits per heavy atom. The molecule has 0 N–H and O–H groups in total. The number of hydrogen-bond donors (Lipinski definition) is 0. The van der Waals surface area contributed by atoms with Gasteiger partial charge in [-0.2, -0.15) is 0 Å². The van der Waals surface area contributed by atoms with E-state index >= 15 is 0 Å². The van der Waals surface area contributed by atoms with Crippen LogP contribution in [0.2, 0.25) is 0 Å². The summed E-state index contributed by atoms with van der Waals surface area (Å²) in [5.74, 6) is 0.856. The van der Waals surface area contributed by atoms with Crippen LogP contribution in [0.1, 0.15) is 25.9 Å². The van der Waals surface area contributed by atoms with Gasteiger partial charge in [-0.1, -0.05) is 0 Å². The predicted octanol–water partition coefficient (Wildman–Crippen LogP) is 3.38. The number of hydrogen-bond acceptors (Lipinski definition) is 3. The standard InChI is InChI=1S/C12H12O2S/c1-8-6-12(15-9(8)2)11(13)7-10-4-3-5-14-10/h3-6H,7H2,1-2H3. The minimum Gasteiger partial charge on any atom is -0.469 e. The highest BCUT2D eigenvalue weighted by Gasteiger charge is 2.12. The van der Waals surface area contributed by atoms with E-state index in [1.54, 1.807) is 23.7 Å². The second-order valence-electron chi connectivity index (χ2n) is 3.53. The maximum atomic E-state index is 11.8. The van der Waals surface area contributed by atoms with Crippen LogP contribution in [0.5, 0.6) is 0 Å². The molecule has 0 fully saturated rings. The molecule has 0 unspecified atom stereocenters. The molecule has 3 heteroatoms. The van der Waals surface area contributed by atoms with Crippen molar-refractivity contribution in [1.29, 1.82) is 0 Å². The average Bonchev–Trinajstić information content (AvgIpc) is 2.78. The molecule has 78 valence electrons. The molecular weight excluding hydrogens is 208 g/mol. The summed E-state index contributed by atoms with van der Waals surface area (Å²) in [4.78, 5) is 13.9. The first-order valence-electron chi connectivity index (χ1n) is 4.79. The van der Waals surface area contributed by atoms with Gasteiger partial charge in [0.1, 0.15) is 5.76 Å². The van der Waals surface area contributed by atoms with Gasteiger partial charge in [0.25, 0.3) is 0 Å². The Labute approximate surface area is 92.5 Å². The Kier molecular flexibility index (Phi) is 2.73. The Hall–Kier alpha value is -1.35. The molecule has 0 aliphatic rings. The summed E-state index contributed by atoms with van der Waals surface area (Å²) < 4.78 is 5.15. The van der Waals surface area contributed by atoms with Crippen molar-refractivity contribution in [2.75, 3.05) is 0 Å². The van der Waals surface area contributed by atoms with Crippen LogP contribution in [-0.4, -0.2) is 5.78 Å². The molecule has 0 aromatic carbocycles. The zero-order valence-electron chi connectivity index (χ0n) is 8.74. The van der Waals surface area contributed by atoms with Crippen LogP contribution in [0.3, 0.4) is 0 Å². The third-order valence-corrected chi connectivity index (χ3v) is 3.55. The molecule has 15 heavy (non-hydrogen) atoms. The first-order chi connectivity index (χ1) is 7.16. The van der Waals surface area contributed by atoms with E-state index in [4.69, 9.17) is 4.42 Å². The fraction of sp³-hybridized carbons (Fsp3) is 0.250. The number of thiophene rings is 1. The molecule has 2 nitrogen and oxygen atoms in total. The molecule has 2 rings (SSSR count). The molecule has 0 saturated heterocycles. The van der Waals surface area contributed by atoms with Crippen molar-refractivity contribution >= 4 is 17.1 Å². The van der Waals surface area contributed by atoms with Crippen LogP contribution >= 0.6 is 11.3 Å². The Balaban J connectivity index is 2.15. The quantitative estimate of drug-likeness (QED) is 0.742. The van der Waals surface area contributed by atoms with Crippen LogP contribution in [0.15, 0.2) is 28.9 Å². The first-order valence-corrected chi connectivity index (χ1v) is 5.61. The molecule has 0 saturated carbocycles. The Bertz CT molecular complexity index is 446. The lowest BCUT2D eigenvalue weighted by Gasteiger charge is -1.93. The molecular formula is C12H12O2S. The monoisotopic (exact) mass is 220 g/mol. The van der Waals surface area contributed by atoms with Gasteiger partial charge in [0.2, 0.25) is 0 Å². The molecule has 0 bridgehead atoms. The van der Waals surface area contributed by atoms with Crippen LogP contribution in [0.4, 0.5) is 0 Å². The van der Waals surface area contributed by atoms with Gasteiger partial charge in [0.15, 0.2) is 5.78 Å². The number of carbonyl (C=O) groups excluding carboxylic acids is 1. The molecule has 0 aliphatic carbocycles. The number of rotatable bonds is 3. The molecule has 2 aromatic rings. The zero-order valence-corrected chi connectivity index (χ0v) is 9.56. The summed E-state index contributed by atoms with van der Waals surface area (Å²) in [6.45, 7) is 4.05. The number of furan rings is 1. The van der Waals surface area contributed by atoms with Crippen molar-refractivity contribution in [3.8, 4) is 0 Å². The van der Waals surface area contributed by atoms with Crippen molar-refractivity contribution in [3.05, 3.63) is 45.5 Å². The summed E-state index contributed by atoms with van der Waals surface area (Å²) in [6, 6.07) is 5.57. The molecule has 0 spiro atoms. The smallest absolute Gasteiger partial charge is 0.180 e. The van der Waals surface area contributed by atoms with Crippen molar-refractivity contribution in [3.63, 3.8) is 0 Å². The van der Waals surface area contributed by atoms with Gasteiger partial charge in [-0.3, -0.25) is 4.79 Å². The molecule has 0 aliphatic heterocycles. The zero-order chi connectivity index (χ0) is 10.8. The van der Waals surface area contributed by atoms with Gasteiger partial charge >= 0.3 is 0 Å². The number of carbonyl (C=O) groups is 1. The third kappa shape index (κ3) is 2.18. The number of Topliss-reactive ketones (excluding diaryl/α,β-unsaturated/α-hetero) is 1. The normalized spacial score (nSPS) is 10.5. The second kappa shape index (κ2) is 4.03. The van der Waals surface area contributed by atoms with Crippen molar-refractivity contribution in [1.82, 2.24) is 0 Å². The van der Waals surface area contributed by atoms with Crippen LogP contribution in [0.25, 0.3) is 0 Å². The highest BCUT2D eigenvalue weighted by molar-refractivity contribution is 7.14. The summed E-state index contributed by atoms with van der Waals surface area (Å²) in [5, 5.41) is 0. The highest BCUT2D eigenvalue weighted by Crippen LogP contribution is 2.22. The molecule has 0 amide bonds. The van der Waals surface area contributed by atoms with Crippen LogP contribution < -0.4 is 0 Å². The van der Waals surface area contributed by atoms with E-state index in [2.05, 4.69) is 0 Å². The summed E-state index contributed by atoms with van der Waals surface area (Å²) in [6.07, 6.45) is 1.94. The second-order valence-corrected chi connectivity index (χ2v) is 4.79. The Morgan fingerprint density at radius 2 is 2.27 bits per heavy atom. The van der Waals surface area contributed by atoms with Crippen molar-refractivity contribution in [2.45, 2.75) is 20.3 Å². The van der Waals surface area contributed by atoms with E-state index in [0.29, 0.717) is 6.42 Å². The largest absolute Gasteiger partial charge is 0.469 e. The lowest BCUT2D eigenvalue weighted by molar-refractivity contribution is 0.0991. The van der Waals surface area contributed by atoms with Gasteiger partial charge in [-0.15, -0.1) is 11.3 Å². The van der Waals surface area contributed by atoms with Gasteiger partial charge in [-0.25, -0.2) is 0 Å². The van der Waals surface area contributed by atoms with Crippen LogP contribution in [-0.2, 0) is 6.42 Å². The van der Waals surface area contributed by atoms with E-state index in [0.717, 1.165) is 10.6 Å². The van der Waals surface area contributed by atoms with Gasteiger partial charge in [-0.05, 0) is 37.6 Å². The molecule has 0 radical (unpaired) electrons. The summed E-state index contributed by atoms with van der Waals surface area (Å²) in [5.41, 5.74) is 1.18. The SMILES string of the molecule is Cc1cc(C(=O)Cc2ccco2)sc1C. The maximum Gasteiger partial charge on any atom is 0.180 e. The van der Waals surface area contributed by atoms with E-state index in [1.165, 1.54) is 10.4 Å². The number of ketones is 1. The van der Waals surface area contributed by atoms with Crippen LogP contribution in [0, 0.1) is 13.8 Å². The van der Waals surface area contributed by atoms with Crippen molar-refractivity contribution in [2.24, 2.45) is 0 Å². The fourth-order valence-electron chi connectivity index (χ4n) is 1.37. The molecule has 2 aromatic heterocycles. The number of aryl methyl sites for hydroxylation is 2. The highest BCUT2D eigenvalue weighted by atomic mass is 32.1. The van der Waals surface area contributed by atoms with Gasteiger partial charge in [0.05, 0.1) is 17.6 Å². The topological polar surface area (TPSA) is 30.2 Å². The van der Waals surface area contributed by atoms with E-state index < -0.39 is 0 Å². The lowest BCUT2D eigenvalue weighted by atomic mass is 10.2. The summed E-state index contributed by atoms with van der Waals surface area (Å²) >= 11 is 1.55. The average molecular weight is 220 g/mol. The maximum absolute atomic E-state index is 11.8. The predicted molar refractivity (Wildman–Crippen MR) is 60.5 cm³/mol. The minimum absolute atomic E-state index is 0.131. The molecule has 0 atom stereocenters. The summed E-state index contributed by atoms with van der Waals surface area (Å²) in [7, 11) is 0. The van der Waals surface area contributed by atoms with Gasteiger partial charge < -0.3 is 4.42 Å². The third-order valence-electron chi connectivity index (χ3n) is 2.36. The Morgan fingerprint density at radius 1 is 1.47 bits per heavy atom. The first kappa shape index (κ1) is 10.2. The molecule has 2 heterocycles. The fourth-order valence-corrected chi connectivity index (χ4v) is 2.34. The van der Waals surface area contributed by atoms with Gasteiger partial charge in [0, 0.05) is 4.88 Å². The van der Waals surface area contributed by atoms with E-state index in [-0.39, 0.29) is 5.78 Å². The van der Waals surface area contributed by atoms with Crippen molar-refractivity contribution < 1.29 is 9.21 Å². The van der Waals surface area contributed by atoms with E-state index in [9.17, 15) is 4.79 Å². The van der Waals surface area contributed by atoms with E-state index in [1.807, 2.05) is 26.0 Å².